The molecule has 0 aromatic carbocycles. The summed E-state index contributed by atoms with van der Waals surface area (Å²) in [6.07, 6.45) is 7.97. The molecule has 2 aliphatic rings. The van der Waals surface area contributed by atoms with Crippen LogP contribution in [0.2, 0.25) is 0 Å². The average Bonchev–Trinajstić information content (AvgIpc) is 3.08. The third-order valence-electron chi connectivity index (χ3n) is 4.67. The number of carbonyl (C=O) groups is 1. The summed E-state index contributed by atoms with van der Waals surface area (Å²) in [7, 11) is 0. The molecular formula is C19H28N4O2. The first-order chi connectivity index (χ1) is 11.8. The van der Waals surface area contributed by atoms with Crippen LogP contribution in [-0.2, 0) is 4.74 Å². The summed E-state index contributed by atoms with van der Waals surface area (Å²) >= 11 is 0. The zero-order chi connectivity index (χ0) is 18.0. The lowest BCUT2D eigenvalue weighted by atomic mass is 10.0. The van der Waals surface area contributed by atoms with Gasteiger partial charge in [0.25, 0.3) is 0 Å². The number of rotatable bonds is 2. The third-order valence-corrected chi connectivity index (χ3v) is 4.67. The second kappa shape index (κ2) is 7.02. The zero-order valence-electron chi connectivity index (χ0n) is 15.6. The Bertz CT molecular complexity index is 645. The van der Waals surface area contributed by atoms with Gasteiger partial charge in [-0.25, -0.2) is 14.8 Å². The molecule has 1 atom stereocenters. The largest absolute Gasteiger partial charge is 0.444 e. The van der Waals surface area contributed by atoms with Crippen molar-refractivity contribution in [3.05, 3.63) is 30.2 Å². The van der Waals surface area contributed by atoms with Crippen LogP contribution in [0.4, 0.5) is 10.6 Å². The first kappa shape index (κ1) is 17.7. The summed E-state index contributed by atoms with van der Waals surface area (Å²) in [5.74, 6) is 1.42. The number of nitrogens with zero attached hydrogens (tertiary/aromatic N) is 4. The van der Waals surface area contributed by atoms with Crippen molar-refractivity contribution in [1.82, 2.24) is 14.9 Å². The number of anilines is 1. The van der Waals surface area contributed by atoms with Gasteiger partial charge >= 0.3 is 6.09 Å². The number of ether oxygens (including phenoxy) is 1. The van der Waals surface area contributed by atoms with Crippen LogP contribution in [0.5, 0.6) is 0 Å². The molecule has 3 rings (SSSR count). The van der Waals surface area contributed by atoms with Crippen LogP contribution in [0.25, 0.3) is 0 Å². The molecule has 1 fully saturated rings. The van der Waals surface area contributed by atoms with Crippen molar-refractivity contribution in [1.29, 1.82) is 0 Å². The molecule has 1 aliphatic heterocycles. The second-order valence-corrected chi connectivity index (χ2v) is 7.91. The minimum Gasteiger partial charge on any atom is -0.444 e. The number of hydrogen-bond acceptors (Lipinski definition) is 5. The molecule has 1 saturated heterocycles. The first-order valence-electron chi connectivity index (χ1n) is 9.05. The van der Waals surface area contributed by atoms with Crippen molar-refractivity contribution in [2.75, 3.05) is 24.5 Å². The number of aromatic nitrogens is 2. The predicted octanol–water partition coefficient (Wildman–Crippen LogP) is 3.36. The minimum atomic E-state index is -0.464. The molecule has 6 heteroatoms. The topological polar surface area (TPSA) is 58.6 Å². The van der Waals surface area contributed by atoms with Gasteiger partial charge in [0, 0.05) is 43.4 Å². The Morgan fingerprint density at radius 1 is 1.20 bits per heavy atom. The van der Waals surface area contributed by atoms with E-state index in [2.05, 4.69) is 40.0 Å². The van der Waals surface area contributed by atoms with E-state index in [1.807, 2.05) is 20.8 Å². The van der Waals surface area contributed by atoms with Gasteiger partial charge in [-0.3, -0.25) is 0 Å². The molecule has 0 spiro atoms. The van der Waals surface area contributed by atoms with Gasteiger partial charge in [-0.1, -0.05) is 12.2 Å². The molecule has 0 bridgehead atoms. The summed E-state index contributed by atoms with van der Waals surface area (Å²) in [5, 5.41) is 0. The highest BCUT2D eigenvalue weighted by molar-refractivity contribution is 5.68. The summed E-state index contributed by atoms with van der Waals surface area (Å²) in [6.45, 7) is 9.83. The molecule has 2 heterocycles. The zero-order valence-corrected chi connectivity index (χ0v) is 15.6. The first-order valence-corrected chi connectivity index (χ1v) is 9.05. The molecule has 136 valence electrons. The Morgan fingerprint density at radius 3 is 2.56 bits per heavy atom. The number of amides is 1. The van der Waals surface area contributed by atoms with Gasteiger partial charge in [-0.2, -0.15) is 0 Å². The Labute approximate surface area is 149 Å². The second-order valence-electron chi connectivity index (χ2n) is 7.91. The van der Waals surface area contributed by atoms with Gasteiger partial charge < -0.3 is 14.5 Å². The fourth-order valence-electron chi connectivity index (χ4n) is 3.39. The molecule has 0 unspecified atom stereocenters. The van der Waals surface area contributed by atoms with Crippen LogP contribution in [0.3, 0.4) is 0 Å². The van der Waals surface area contributed by atoms with Crippen LogP contribution in [-0.4, -0.2) is 52.2 Å². The van der Waals surface area contributed by atoms with E-state index in [4.69, 9.17) is 4.74 Å². The maximum atomic E-state index is 12.3. The van der Waals surface area contributed by atoms with E-state index in [0.29, 0.717) is 19.0 Å². The van der Waals surface area contributed by atoms with Gasteiger partial charge in [0.05, 0.1) is 0 Å². The van der Waals surface area contributed by atoms with E-state index < -0.39 is 5.60 Å². The van der Waals surface area contributed by atoms with Crippen LogP contribution >= 0.6 is 0 Å². The van der Waals surface area contributed by atoms with Crippen LogP contribution in [0, 0.1) is 0 Å². The highest BCUT2D eigenvalue weighted by atomic mass is 16.6. The van der Waals surface area contributed by atoms with Gasteiger partial charge in [0.1, 0.15) is 17.7 Å². The van der Waals surface area contributed by atoms with E-state index in [1.54, 1.807) is 11.2 Å². The normalized spacial score (nSPS) is 21.7. The Kier molecular flexibility index (Phi) is 4.97. The Hall–Kier alpha value is -2.11. The molecule has 1 aromatic rings. The van der Waals surface area contributed by atoms with Gasteiger partial charge in [0.15, 0.2) is 0 Å². The van der Waals surface area contributed by atoms with Crippen molar-refractivity contribution >= 4 is 11.9 Å². The third kappa shape index (κ3) is 4.30. The van der Waals surface area contributed by atoms with Gasteiger partial charge in [-0.15, -0.1) is 0 Å². The van der Waals surface area contributed by atoms with Crippen molar-refractivity contribution in [2.45, 2.75) is 58.1 Å². The monoisotopic (exact) mass is 344 g/mol. The Balaban J connectivity index is 1.65. The van der Waals surface area contributed by atoms with E-state index in [-0.39, 0.29) is 12.1 Å². The molecule has 0 N–H and O–H groups in total. The van der Waals surface area contributed by atoms with Crippen molar-refractivity contribution in [2.24, 2.45) is 0 Å². The van der Waals surface area contributed by atoms with Crippen molar-refractivity contribution in [3.8, 4) is 0 Å². The van der Waals surface area contributed by atoms with E-state index >= 15 is 0 Å². The standard InChI is InChI=1S/C19H28N4O2/c1-14-12-22(18(24)25-19(2,3)4)9-10-23(14)17-11-16(20-13-21-17)15-7-5-6-8-15/h5-6,11,13-15H,7-10,12H2,1-4H3/t14-/m0/s1. The van der Waals surface area contributed by atoms with Crippen molar-refractivity contribution in [3.63, 3.8) is 0 Å². The summed E-state index contributed by atoms with van der Waals surface area (Å²) in [4.78, 5) is 25.3. The lowest BCUT2D eigenvalue weighted by molar-refractivity contribution is 0.0218. The molecule has 0 saturated carbocycles. The average molecular weight is 344 g/mol. The number of piperazine rings is 1. The molecule has 25 heavy (non-hydrogen) atoms. The summed E-state index contributed by atoms with van der Waals surface area (Å²) < 4.78 is 5.49. The Morgan fingerprint density at radius 2 is 1.92 bits per heavy atom. The van der Waals surface area contributed by atoms with E-state index in [9.17, 15) is 4.79 Å². The molecular weight excluding hydrogens is 316 g/mol. The quantitative estimate of drug-likeness (QED) is 0.770. The molecule has 6 nitrogen and oxygen atoms in total. The lowest BCUT2D eigenvalue weighted by Gasteiger charge is -2.40. The number of hydrogen-bond donors (Lipinski definition) is 0. The highest BCUT2D eigenvalue weighted by Gasteiger charge is 2.30. The van der Waals surface area contributed by atoms with Gasteiger partial charge in [0.2, 0.25) is 0 Å². The molecule has 1 amide bonds. The van der Waals surface area contributed by atoms with Crippen LogP contribution in [0.15, 0.2) is 24.5 Å². The summed E-state index contributed by atoms with van der Waals surface area (Å²) in [6, 6.07) is 2.29. The summed E-state index contributed by atoms with van der Waals surface area (Å²) in [5.41, 5.74) is 0.644. The maximum absolute atomic E-state index is 12.3. The predicted molar refractivity (Wildman–Crippen MR) is 97.8 cm³/mol. The fraction of sp³-hybridized carbons (Fsp3) is 0.632. The minimum absolute atomic E-state index is 0.186. The molecule has 1 aromatic heterocycles. The maximum Gasteiger partial charge on any atom is 0.410 e. The smallest absolute Gasteiger partial charge is 0.410 e. The number of allylic oxidation sites excluding steroid dienone is 2. The van der Waals surface area contributed by atoms with Crippen LogP contribution < -0.4 is 4.90 Å². The molecule has 0 radical (unpaired) electrons. The lowest BCUT2D eigenvalue weighted by Crippen LogP contribution is -2.54. The van der Waals surface area contributed by atoms with Crippen LogP contribution in [0.1, 0.15) is 52.1 Å². The SMILES string of the molecule is C[C@H]1CN(C(=O)OC(C)(C)C)CCN1c1cc(C2CC=CC2)ncn1. The van der Waals surface area contributed by atoms with E-state index in [0.717, 1.165) is 30.9 Å². The van der Waals surface area contributed by atoms with Crippen molar-refractivity contribution < 1.29 is 9.53 Å². The number of carbonyl (C=O) groups excluding carboxylic acids is 1. The highest BCUT2D eigenvalue weighted by Crippen LogP contribution is 2.30. The molecule has 1 aliphatic carbocycles. The van der Waals surface area contributed by atoms with E-state index in [1.165, 1.54) is 0 Å². The van der Waals surface area contributed by atoms with Gasteiger partial charge in [-0.05, 0) is 40.5 Å². The fourth-order valence-corrected chi connectivity index (χ4v) is 3.39.